The van der Waals surface area contributed by atoms with Crippen molar-refractivity contribution in [2.45, 2.75) is 52.5 Å². The molecule has 16 heavy (non-hydrogen) atoms. The lowest BCUT2D eigenvalue weighted by molar-refractivity contribution is 0.329. The van der Waals surface area contributed by atoms with Crippen LogP contribution in [0.15, 0.2) is 0 Å². The van der Waals surface area contributed by atoms with Crippen LogP contribution in [0.5, 0.6) is 0 Å². The van der Waals surface area contributed by atoms with E-state index in [0.29, 0.717) is 12.3 Å². The van der Waals surface area contributed by atoms with Gasteiger partial charge in [-0.2, -0.15) is 0 Å². The zero-order valence-electron chi connectivity index (χ0n) is 11.3. The summed E-state index contributed by atoms with van der Waals surface area (Å²) in [4.78, 5) is 0. The number of nitrogens with one attached hydrogen (secondary N) is 1. The van der Waals surface area contributed by atoms with Gasteiger partial charge in [0, 0.05) is 11.8 Å². The normalized spacial score (nSPS) is 13.4. The predicted molar refractivity (Wildman–Crippen MR) is 70.5 cm³/mol. The average molecular weight is 249 g/mol. The van der Waals surface area contributed by atoms with Crippen LogP contribution < -0.4 is 5.32 Å². The fourth-order valence-corrected chi connectivity index (χ4v) is 2.41. The minimum atomic E-state index is -2.85. The average Bonchev–Trinajstić information content (AvgIpc) is 2.16. The van der Waals surface area contributed by atoms with Gasteiger partial charge in [-0.15, -0.1) is 0 Å². The second-order valence-corrected chi connectivity index (χ2v) is 7.59. The zero-order chi connectivity index (χ0) is 12.8. The van der Waals surface area contributed by atoms with Crippen molar-refractivity contribution in [1.29, 1.82) is 0 Å². The molecule has 4 heteroatoms. The molecular weight excluding hydrogens is 222 g/mol. The van der Waals surface area contributed by atoms with E-state index in [-0.39, 0.29) is 11.3 Å². The second kappa shape index (κ2) is 6.60. The van der Waals surface area contributed by atoms with Gasteiger partial charge in [-0.3, -0.25) is 0 Å². The Kier molecular flexibility index (Phi) is 6.56. The first-order valence-corrected chi connectivity index (χ1v) is 8.19. The van der Waals surface area contributed by atoms with Gasteiger partial charge in [-0.25, -0.2) is 8.42 Å². The van der Waals surface area contributed by atoms with Crippen molar-refractivity contribution in [1.82, 2.24) is 5.32 Å². The molecule has 98 valence electrons. The van der Waals surface area contributed by atoms with Crippen LogP contribution >= 0.6 is 0 Å². The van der Waals surface area contributed by atoms with Crippen LogP contribution in [0.3, 0.4) is 0 Å². The molecule has 0 radical (unpaired) electrons. The third-order valence-corrected chi connectivity index (χ3v) is 4.07. The van der Waals surface area contributed by atoms with E-state index >= 15 is 0 Å². The number of sulfone groups is 1. The topological polar surface area (TPSA) is 46.2 Å². The molecule has 0 aromatic rings. The van der Waals surface area contributed by atoms with Crippen molar-refractivity contribution in [2.75, 3.05) is 18.6 Å². The Labute approximate surface area is 101 Å². The summed E-state index contributed by atoms with van der Waals surface area (Å²) in [5, 5.41) is 3.47. The lowest BCUT2D eigenvalue weighted by atomic mass is 9.98. The van der Waals surface area contributed by atoms with Crippen LogP contribution in [0.1, 0.15) is 47.0 Å². The van der Waals surface area contributed by atoms with Crippen molar-refractivity contribution in [2.24, 2.45) is 5.92 Å². The first kappa shape index (κ1) is 15.9. The van der Waals surface area contributed by atoms with E-state index in [9.17, 15) is 8.42 Å². The number of hydrogen-bond acceptors (Lipinski definition) is 3. The molecular formula is C12H27NO2S. The van der Waals surface area contributed by atoms with Gasteiger partial charge in [-0.1, -0.05) is 26.7 Å². The highest BCUT2D eigenvalue weighted by Crippen LogP contribution is 2.13. The number of hydrogen-bond donors (Lipinski definition) is 1. The maximum atomic E-state index is 11.1. The van der Waals surface area contributed by atoms with E-state index < -0.39 is 9.84 Å². The summed E-state index contributed by atoms with van der Waals surface area (Å²) in [5.74, 6) is 0.952. The monoisotopic (exact) mass is 249 g/mol. The zero-order valence-corrected chi connectivity index (χ0v) is 12.2. The molecule has 0 rings (SSSR count). The maximum absolute atomic E-state index is 11.1. The first-order chi connectivity index (χ1) is 7.20. The fourth-order valence-electron chi connectivity index (χ4n) is 1.53. The summed E-state index contributed by atoms with van der Waals surface area (Å²) < 4.78 is 22.2. The van der Waals surface area contributed by atoms with Crippen LogP contribution in [0.4, 0.5) is 0 Å². The lowest BCUT2D eigenvalue weighted by Crippen LogP contribution is -2.43. The van der Waals surface area contributed by atoms with E-state index in [1.54, 1.807) is 0 Å². The van der Waals surface area contributed by atoms with Crippen molar-refractivity contribution in [3.63, 3.8) is 0 Å². The van der Waals surface area contributed by atoms with Crippen LogP contribution in [-0.2, 0) is 9.84 Å². The van der Waals surface area contributed by atoms with E-state index in [2.05, 4.69) is 33.0 Å². The molecule has 0 saturated carbocycles. The van der Waals surface area contributed by atoms with E-state index in [0.717, 1.165) is 6.54 Å². The molecule has 0 aliphatic carbocycles. The van der Waals surface area contributed by atoms with Crippen LogP contribution in [0.25, 0.3) is 0 Å². The lowest BCUT2D eigenvalue weighted by Gasteiger charge is -2.28. The molecule has 0 unspecified atom stereocenters. The van der Waals surface area contributed by atoms with Gasteiger partial charge in [0.05, 0.1) is 5.75 Å². The quantitative estimate of drug-likeness (QED) is 0.717. The summed E-state index contributed by atoms with van der Waals surface area (Å²) in [6, 6.07) is 0. The molecule has 0 heterocycles. The molecule has 0 aromatic carbocycles. The maximum Gasteiger partial charge on any atom is 0.147 e. The Morgan fingerprint density at radius 2 is 1.69 bits per heavy atom. The summed E-state index contributed by atoms with van der Waals surface area (Å²) in [5.41, 5.74) is -0.0916. The molecule has 1 N–H and O–H groups in total. The molecule has 0 amide bonds. The van der Waals surface area contributed by atoms with Gasteiger partial charge in [-0.05, 0) is 32.7 Å². The standard InChI is InChI=1S/C12H27NO2S/c1-6-11(7-2)10-13-12(3,4)8-9-16(5,14)15/h11,13H,6-10H2,1-5H3. The van der Waals surface area contributed by atoms with Crippen molar-refractivity contribution < 1.29 is 8.42 Å². The number of rotatable bonds is 8. The second-order valence-electron chi connectivity index (χ2n) is 5.33. The van der Waals surface area contributed by atoms with Crippen LogP contribution in [-0.4, -0.2) is 32.5 Å². The SMILES string of the molecule is CCC(CC)CNC(C)(C)CCS(C)(=O)=O. The molecule has 3 nitrogen and oxygen atoms in total. The van der Waals surface area contributed by atoms with E-state index in [4.69, 9.17) is 0 Å². The van der Waals surface area contributed by atoms with Gasteiger partial charge in [0.2, 0.25) is 0 Å². The van der Waals surface area contributed by atoms with Gasteiger partial charge in [0.15, 0.2) is 0 Å². The highest BCUT2D eigenvalue weighted by atomic mass is 32.2. The molecule has 0 aliphatic rings. The van der Waals surface area contributed by atoms with Crippen LogP contribution in [0.2, 0.25) is 0 Å². The van der Waals surface area contributed by atoms with Crippen molar-refractivity contribution in [3.05, 3.63) is 0 Å². The fraction of sp³-hybridized carbons (Fsp3) is 1.00. The van der Waals surface area contributed by atoms with Gasteiger partial charge >= 0.3 is 0 Å². The Hall–Kier alpha value is -0.0900. The Bertz CT molecular complexity index is 279. The van der Waals surface area contributed by atoms with Crippen molar-refractivity contribution in [3.8, 4) is 0 Å². The first-order valence-electron chi connectivity index (χ1n) is 6.13. The van der Waals surface area contributed by atoms with Crippen molar-refractivity contribution >= 4 is 9.84 Å². The third kappa shape index (κ3) is 8.11. The highest BCUT2D eigenvalue weighted by Gasteiger charge is 2.20. The largest absolute Gasteiger partial charge is 0.311 e. The smallest absolute Gasteiger partial charge is 0.147 e. The molecule has 0 saturated heterocycles. The molecule has 0 aliphatic heterocycles. The minimum Gasteiger partial charge on any atom is -0.311 e. The summed E-state index contributed by atoms with van der Waals surface area (Å²) in [6.07, 6.45) is 4.31. The highest BCUT2D eigenvalue weighted by molar-refractivity contribution is 7.90. The molecule has 0 spiro atoms. The van der Waals surface area contributed by atoms with Gasteiger partial charge < -0.3 is 5.32 Å². The van der Waals surface area contributed by atoms with Gasteiger partial charge in [0.25, 0.3) is 0 Å². The molecule has 0 fully saturated rings. The molecule has 0 aromatic heterocycles. The Balaban J connectivity index is 4.04. The minimum absolute atomic E-state index is 0.0916. The third-order valence-electron chi connectivity index (χ3n) is 3.12. The molecule has 0 bridgehead atoms. The van der Waals surface area contributed by atoms with E-state index in [1.807, 2.05) is 0 Å². The summed E-state index contributed by atoms with van der Waals surface area (Å²) >= 11 is 0. The van der Waals surface area contributed by atoms with Crippen LogP contribution in [0, 0.1) is 5.92 Å². The Morgan fingerprint density at radius 1 is 1.19 bits per heavy atom. The summed E-state index contributed by atoms with van der Waals surface area (Å²) in [6.45, 7) is 9.50. The molecule has 0 atom stereocenters. The summed E-state index contributed by atoms with van der Waals surface area (Å²) in [7, 11) is -2.85. The van der Waals surface area contributed by atoms with Gasteiger partial charge in [0.1, 0.15) is 9.84 Å². The van der Waals surface area contributed by atoms with E-state index in [1.165, 1.54) is 19.1 Å². The Morgan fingerprint density at radius 3 is 2.06 bits per heavy atom. The predicted octanol–water partition coefficient (Wildman–Crippen LogP) is 2.23.